The molecule has 1 fully saturated rings. The fourth-order valence-electron chi connectivity index (χ4n) is 4.61. The van der Waals surface area contributed by atoms with E-state index in [0.717, 1.165) is 41.4 Å². The second-order valence-electron chi connectivity index (χ2n) is 8.74. The van der Waals surface area contributed by atoms with Gasteiger partial charge in [0.1, 0.15) is 11.3 Å². The van der Waals surface area contributed by atoms with Gasteiger partial charge in [-0.3, -0.25) is 5.01 Å². The lowest BCUT2D eigenvalue weighted by Gasteiger charge is -2.25. The van der Waals surface area contributed by atoms with Crippen LogP contribution in [-0.4, -0.2) is 29.4 Å². The smallest absolute Gasteiger partial charge is 0.199 e. The summed E-state index contributed by atoms with van der Waals surface area (Å²) < 4.78 is 11.4. The molecule has 160 valence electrons. The van der Waals surface area contributed by atoms with E-state index in [1.54, 1.807) is 7.11 Å². The summed E-state index contributed by atoms with van der Waals surface area (Å²) >= 11 is 0. The molecule has 1 aliphatic carbocycles. The molecule has 0 amide bonds. The number of methoxy groups -OCH3 is 1. The van der Waals surface area contributed by atoms with E-state index in [4.69, 9.17) is 14.3 Å². The van der Waals surface area contributed by atoms with Crippen molar-refractivity contribution in [1.82, 2.24) is 9.99 Å². The van der Waals surface area contributed by atoms with E-state index in [1.807, 2.05) is 30.3 Å². The van der Waals surface area contributed by atoms with E-state index in [1.165, 1.54) is 23.3 Å². The van der Waals surface area contributed by atoms with Crippen LogP contribution < -0.4 is 4.74 Å². The zero-order chi connectivity index (χ0) is 21.5. The molecule has 2 aliphatic rings. The minimum atomic E-state index is 0.561. The van der Waals surface area contributed by atoms with Gasteiger partial charge >= 0.3 is 0 Å². The molecule has 3 aromatic carbocycles. The standard InChI is InChI=1S/C27H25N3O2/c1-31-22-10-7-19(8-11-22)16-30-17-21-14-23(21)27(29-30)20-9-12-24-25(15-20)32-26(28-24)13-18-5-3-2-4-6-18/h2-12,15,21,23H,13-14,16-17H2,1H3. The summed E-state index contributed by atoms with van der Waals surface area (Å²) in [6.45, 7) is 1.83. The highest BCUT2D eigenvalue weighted by molar-refractivity contribution is 6.05. The lowest BCUT2D eigenvalue weighted by molar-refractivity contribution is 0.254. The maximum Gasteiger partial charge on any atom is 0.199 e. The van der Waals surface area contributed by atoms with Crippen molar-refractivity contribution in [3.8, 4) is 5.75 Å². The summed E-state index contributed by atoms with van der Waals surface area (Å²) in [5, 5.41) is 7.26. The predicted octanol–water partition coefficient (Wildman–Crippen LogP) is 5.28. The normalized spacial score (nSPS) is 19.5. The molecule has 2 unspecified atom stereocenters. The van der Waals surface area contributed by atoms with Gasteiger partial charge in [0.2, 0.25) is 0 Å². The van der Waals surface area contributed by atoms with Crippen molar-refractivity contribution in [2.75, 3.05) is 13.7 Å². The maximum absolute atomic E-state index is 6.11. The van der Waals surface area contributed by atoms with Crippen molar-refractivity contribution in [1.29, 1.82) is 0 Å². The third kappa shape index (κ3) is 3.75. The van der Waals surface area contributed by atoms with E-state index >= 15 is 0 Å². The minimum Gasteiger partial charge on any atom is -0.497 e. The van der Waals surface area contributed by atoms with Gasteiger partial charge in [0.25, 0.3) is 0 Å². The SMILES string of the molecule is COc1ccc(CN2CC3CC3C(c3ccc4nc(Cc5ccccc5)oc4c3)=N2)cc1. The number of aromatic nitrogens is 1. The average molecular weight is 424 g/mol. The van der Waals surface area contributed by atoms with Gasteiger partial charge in [-0.15, -0.1) is 0 Å². The number of rotatable bonds is 6. The Morgan fingerprint density at radius 2 is 1.84 bits per heavy atom. The van der Waals surface area contributed by atoms with Crippen LogP contribution >= 0.6 is 0 Å². The molecule has 2 heterocycles. The number of benzene rings is 3. The Hall–Kier alpha value is -3.60. The van der Waals surface area contributed by atoms with Crippen molar-refractivity contribution < 1.29 is 9.15 Å². The maximum atomic E-state index is 6.11. The van der Waals surface area contributed by atoms with Crippen LogP contribution in [0.5, 0.6) is 5.75 Å². The number of nitrogens with zero attached hydrogens (tertiary/aromatic N) is 3. The van der Waals surface area contributed by atoms with Gasteiger partial charge in [-0.25, -0.2) is 4.98 Å². The molecule has 5 heteroatoms. The Balaban J connectivity index is 1.25. The summed E-state index contributed by atoms with van der Waals surface area (Å²) in [5.41, 5.74) is 6.50. The molecule has 0 bridgehead atoms. The van der Waals surface area contributed by atoms with Crippen LogP contribution in [0.1, 0.15) is 29.0 Å². The molecule has 4 aromatic rings. The zero-order valence-corrected chi connectivity index (χ0v) is 18.1. The molecule has 1 saturated carbocycles. The summed E-state index contributed by atoms with van der Waals surface area (Å²) in [7, 11) is 1.69. The van der Waals surface area contributed by atoms with Gasteiger partial charge in [0, 0.05) is 24.4 Å². The average Bonchev–Trinajstić information content (AvgIpc) is 3.50. The van der Waals surface area contributed by atoms with Gasteiger partial charge in [0.05, 0.1) is 19.4 Å². The number of oxazole rings is 1. The first-order valence-electron chi connectivity index (χ1n) is 11.2. The molecule has 0 N–H and O–H groups in total. The van der Waals surface area contributed by atoms with Crippen molar-refractivity contribution in [2.24, 2.45) is 16.9 Å². The van der Waals surface area contributed by atoms with E-state index in [-0.39, 0.29) is 0 Å². The Morgan fingerprint density at radius 3 is 2.66 bits per heavy atom. The number of hydrogen-bond acceptors (Lipinski definition) is 5. The highest BCUT2D eigenvalue weighted by Gasteiger charge is 2.45. The Labute approximate surface area is 187 Å². The second-order valence-corrected chi connectivity index (χ2v) is 8.74. The molecule has 6 rings (SSSR count). The van der Waals surface area contributed by atoms with Crippen LogP contribution in [-0.2, 0) is 13.0 Å². The van der Waals surface area contributed by atoms with Crippen LogP contribution in [0.3, 0.4) is 0 Å². The second kappa shape index (κ2) is 7.83. The zero-order valence-electron chi connectivity index (χ0n) is 18.1. The molecule has 32 heavy (non-hydrogen) atoms. The first-order valence-corrected chi connectivity index (χ1v) is 11.2. The van der Waals surface area contributed by atoms with Gasteiger partial charge in [-0.1, -0.05) is 48.5 Å². The molecule has 0 saturated heterocycles. The first kappa shape index (κ1) is 19.1. The molecule has 1 aromatic heterocycles. The van der Waals surface area contributed by atoms with Crippen LogP contribution in [0.15, 0.2) is 82.3 Å². The van der Waals surface area contributed by atoms with Crippen molar-refractivity contribution >= 4 is 16.8 Å². The predicted molar refractivity (Wildman–Crippen MR) is 125 cm³/mol. The fourth-order valence-corrected chi connectivity index (χ4v) is 4.61. The molecule has 0 spiro atoms. The van der Waals surface area contributed by atoms with Crippen molar-refractivity contribution in [3.05, 3.63) is 95.4 Å². The summed E-state index contributed by atoms with van der Waals surface area (Å²) in [6, 6.07) is 24.9. The van der Waals surface area contributed by atoms with E-state index in [0.29, 0.717) is 18.3 Å². The molecule has 2 atom stereocenters. The lowest BCUT2D eigenvalue weighted by Crippen LogP contribution is -2.28. The molecular formula is C27H25N3O2. The Morgan fingerprint density at radius 1 is 1.00 bits per heavy atom. The Bertz CT molecular complexity index is 1280. The first-order chi connectivity index (χ1) is 15.7. The van der Waals surface area contributed by atoms with E-state index in [9.17, 15) is 0 Å². The Kier molecular flexibility index (Phi) is 4.67. The number of hydrogen-bond donors (Lipinski definition) is 0. The van der Waals surface area contributed by atoms with Crippen LogP contribution in [0, 0.1) is 11.8 Å². The van der Waals surface area contributed by atoms with E-state index < -0.39 is 0 Å². The van der Waals surface area contributed by atoms with Crippen molar-refractivity contribution in [3.63, 3.8) is 0 Å². The molecule has 0 radical (unpaired) electrons. The van der Waals surface area contributed by atoms with Crippen molar-refractivity contribution in [2.45, 2.75) is 19.4 Å². The fraction of sp³-hybridized carbons (Fsp3) is 0.259. The molecular weight excluding hydrogens is 398 g/mol. The summed E-state index contributed by atoms with van der Waals surface area (Å²) in [5.74, 6) is 2.89. The third-order valence-corrected chi connectivity index (χ3v) is 6.42. The minimum absolute atomic E-state index is 0.561. The van der Waals surface area contributed by atoms with Gasteiger partial charge < -0.3 is 9.15 Å². The van der Waals surface area contributed by atoms with Gasteiger partial charge in [0.15, 0.2) is 11.5 Å². The highest BCUT2D eigenvalue weighted by atomic mass is 16.5. The third-order valence-electron chi connectivity index (χ3n) is 6.42. The number of hydrazone groups is 1. The van der Waals surface area contributed by atoms with Gasteiger partial charge in [-0.05, 0) is 47.7 Å². The lowest BCUT2D eigenvalue weighted by atomic mass is 10.0. The summed E-state index contributed by atoms with van der Waals surface area (Å²) in [6.07, 6.45) is 1.91. The monoisotopic (exact) mass is 423 g/mol. The number of ether oxygens (including phenoxy) is 1. The quantitative estimate of drug-likeness (QED) is 0.423. The van der Waals surface area contributed by atoms with Crippen LogP contribution in [0.25, 0.3) is 11.1 Å². The van der Waals surface area contributed by atoms with Crippen LogP contribution in [0.2, 0.25) is 0 Å². The molecule has 1 aliphatic heterocycles. The summed E-state index contributed by atoms with van der Waals surface area (Å²) in [4.78, 5) is 4.68. The largest absolute Gasteiger partial charge is 0.497 e. The number of fused-ring (bicyclic) bond motifs is 2. The highest BCUT2D eigenvalue weighted by Crippen LogP contribution is 2.45. The molecule has 5 nitrogen and oxygen atoms in total. The van der Waals surface area contributed by atoms with Gasteiger partial charge in [-0.2, -0.15) is 5.10 Å². The van der Waals surface area contributed by atoms with E-state index in [2.05, 4.69) is 52.5 Å². The van der Waals surface area contributed by atoms with Crippen LogP contribution in [0.4, 0.5) is 0 Å². The topological polar surface area (TPSA) is 50.9 Å².